The molecule has 0 bridgehead atoms. The van der Waals surface area contributed by atoms with E-state index in [0.29, 0.717) is 23.5 Å². The summed E-state index contributed by atoms with van der Waals surface area (Å²) in [6.45, 7) is 7.71. The van der Waals surface area contributed by atoms with Crippen molar-refractivity contribution >= 4 is 39.8 Å². The van der Waals surface area contributed by atoms with Crippen LogP contribution in [0.5, 0.6) is 0 Å². The number of aromatic nitrogens is 5. The second kappa shape index (κ2) is 10.5. The third kappa shape index (κ3) is 5.32. The van der Waals surface area contributed by atoms with Crippen molar-refractivity contribution < 1.29 is 4.79 Å². The molecule has 1 fully saturated rings. The van der Waals surface area contributed by atoms with Gasteiger partial charge in [-0.25, -0.2) is 9.97 Å². The first-order valence-electron chi connectivity index (χ1n) is 12.7. The number of anilines is 3. The normalized spacial score (nSPS) is 14.3. The lowest BCUT2D eigenvalue weighted by Crippen LogP contribution is -2.44. The molecule has 0 saturated carbocycles. The number of imidazole rings is 1. The average molecular weight is 513 g/mol. The quantitative estimate of drug-likeness (QED) is 0.276. The van der Waals surface area contributed by atoms with Crippen molar-refractivity contribution in [3.63, 3.8) is 0 Å². The summed E-state index contributed by atoms with van der Waals surface area (Å²) in [6, 6.07) is 3.63. The van der Waals surface area contributed by atoms with Gasteiger partial charge in [0, 0.05) is 61.7 Å². The van der Waals surface area contributed by atoms with Gasteiger partial charge in [-0.05, 0) is 25.1 Å². The number of carbonyl (C=O) groups is 1. The first-order valence-corrected chi connectivity index (χ1v) is 12.7. The number of hydrogen-bond donors (Lipinski definition) is 4. The van der Waals surface area contributed by atoms with Crippen molar-refractivity contribution in [1.29, 1.82) is 5.41 Å². The Labute approximate surface area is 221 Å². The van der Waals surface area contributed by atoms with E-state index in [-0.39, 0.29) is 23.4 Å². The summed E-state index contributed by atoms with van der Waals surface area (Å²) in [7, 11) is 2.12. The zero-order chi connectivity index (χ0) is 26.8. The number of fused-ring (bicyclic) bond motifs is 1. The minimum absolute atomic E-state index is 0.0628. The molecule has 11 nitrogen and oxygen atoms in total. The monoisotopic (exact) mass is 512 g/mol. The van der Waals surface area contributed by atoms with Gasteiger partial charge in [0.05, 0.1) is 35.5 Å². The van der Waals surface area contributed by atoms with Gasteiger partial charge in [0.2, 0.25) is 5.91 Å². The van der Waals surface area contributed by atoms with E-state index in [9.17, 15) is 4.79 Å². The minimum atomic E-state index is -0.0628. The molecule has 0 atom stereocenters. The van der Waals surface area contributed by atoms with Crippen LogP contribution in [0.2, 0.25) is 0 Å². The van der Waals surface area contributed by atoms with Gasteiger partial charge >= 0.3 is 0 Å². The Morgan fingerprint density at radius 3 is 2.58 bits per heavy atom. The number of amides is 1. The largest absolute Gasteiger partial charge is 0.383 e. The number of H-pyrrole nitrogens is 1. The predicted octanol–water partition coefficient (Wildman–Crippen LogP) is 3.15. The second-order valence-electron chi connectivity index (χ2n) is 10.1. The van der Waals surface area contributed by atoms with Crippen LogP contribution in [-0.4, -0.2) is 74.7 Å². The van der Waals surface area contributed by atoms with Gasteiger partial charge in [0.1, 0.15) is 17.0 Å². The molecule has 0 spiro atoms. The van der Waals surface area contributed by atoms with E-state index in [1.54, 1.807) is 30.9 Å². The molecule has 0 unspecified atom stereocenters. The summed E-state index contributed by atoms with van der Waals surface area (Å²) < 4.78 is 0. The molecule has 0 radical (unpaired) electrons. The molecule has 5 rings (SSSR count). The number of nitrogens with zero attached hydrogens (tertiary/aromatic N) is 6. The van der Waals surface area contributed by atoms with Crippen molar-refractivity contribution in [3.8, 4) is 11.1 Å². The van der Waals surface area contributed by atoms with Gasteiger partial charge in [0.15, 0.2) is 5.82 Å². The third-order valence-corrected chi connectivity index (χ3v) is 6.59. The van der Waals surface area contributed by atoms with Crippen LogP contribution in [-0.2, 0) is 4.79 Å². The highest BCUT2D eigenvalue weighted by Gasteiger charge is 2.21. The van der Waals surface area contributed by atoms with E-state index in [1.807, 2.05) is 26.1 Å². The first kappa shape index (κ1) is 25.3. The van der Waals surface area contributed by atoms with Gasteiger partial charge in [-0.1, -0.05) is 13.8 Å². The van der Waals surface area contributed by atoms with Crippen LogP contribution in [0, 0.1) is 11.3 Å². The molecule has 5 heterocycles. The highest BCUT2D eigenvalue weighted by atomic mass is 16.1. The molecule has 1 aliphatic heterocycles. The Kier molecular flexibility index (Phi) is 7.01. The van der Waals surface area contributed by atoms with Gasteiger partial charge in [-0.2, -0.15) is 0 Å². The summed E-state index contributed by atoms with van der Waals surface area (Å²) in [6.07, 6.45) is 8.92. The molecule has 0 aromatic carbocycles. The summed E-state index contributed by atoms with van der Waals surface area (Å²) in [4.78, 5) is 37.8. The second-order valence-corrected chi connectivity index (χ2v) is 10.1. The Morgan fingerprint density at radius 1 is 1.08 bits per heavy atom. The van der Waals surface area contributed by atoms with Crippen LogP contribution < -0.4 is 16.0 Å². The number of aromatic amines is 1. The molecule has 5 N–H and O–H groups in total. The first-order chi connectivity index (χ1) is 18.3. The van der Waals surface area contributed by atoms with Gasteiger partial charge in [0.25, 0.3) is 0 Å². The van der Waals surface area contributed by atoms with E-state index in [0.717, 1.165) is 54.0 Å². The predicted molar refractivity (Wildman–Crippen MR) is 149 cm³/mol. The smallest absolute Gasteiger partial charge is 0.224 e. The summed E-state index contributed by atoms with van der Waals surface area (Å²) in [5.74, 6) is 0.813. The standard InChI is InChI=1S/C27H32N10O/c1-16(2)8-23(38)33-19-9-17(11-30-13-19)18-10-20(26(29)32-12-18)24(28)27-34-21-14-31-15-22(25(21)35-27)37-6-4-36(3)5-7-37/h9-16,28H,4-8H2,1-3H3,(H2,29,32)(H,33,38)(H,34,35). The lowest BCUT2D eigenvalue weighted by Gasteiger charge is -2.33. The zero-order valence-electron chi connectivity index (χ0n) is 21.8. The number of likely N-dealkylation sites (N-methyl/N-ethyl adjacent to an activating group) is 1. The Hall–Kier alpha value is -4.38. The van der Waals surface area contributed by atoms with Crippen molar-refractivity contribution in [2.75, 3.05) is 49.2 Å². The van der Waals surface area contributed by atoms with Gasteiger partial charge in [-0.3, -0.25) is 20.2 Å². The van der Waals surface area contributed by atoms with E-state index < -0.39 is 0 Å². The lowest BCUT2D eigenvalue weighted by atomic mass is 10.0. The van der Waals surface area contributed by atoms with E-state index in [1.165, 1.54) is 0 Å². The molecular weight excluding hydrogens is 480 g/mol. The molecule has 1 amide bonds. The molecule has 196 valence electrons. The van der Waals surface area contributed by atoms with Crippen molar-refractivity contribution in [2.24, 2.45) is 5.92 Å². The number of rotatable bonds is 7. The average Bonchev–Trinajstić information content (AvgIpc) is 3.33. The van der Waals surface area contributed by atoms with Crippen LogP contribution >= 0.6 is 0 Å². The van der Waals surface area contributed by atoms with Crippen LogP contribution in [0.4, 0.5) is 17.2 Å². The van der Waals surface area contributed by atoms with E-state index in [4.69, 9.17) is 16.1 Å². The van der Waals surface area contributed by atoms with Crippen LogP contribution in [0.1, 0.15) is 31.7 Å². The molecule has 1 saturated heterocycles. The number of nitrogens with two attached hydrogens (primary N) is 1. The number of pyridine rings is 3. The molecule has 4 aromatic heterocycles. The molecule has 4 aromatic rings. The minimum Gasteiger partial charge on any atom is -0.383 e. The van der Waals surface area contributed by atoms with E-state index in [2.05, 4.69) is 42.1 Å². The number of nitrogen functional groups attached to an aromatic ring is 1. The summed E-state index contributed by atoms with van der Waals surface area (Å²) in [5, 5.41) is 11.8. The highest BCUT2D eigenvalue weighted by Crippen LogP contribution is 2.28. The van der Waals surface area contributed by atoms with Crippen molar-refractivity contribution in [1.82, 2.24) is 29.8 Å². The Morgan fingerprint density at radius 2 is 1.82 bits per heavy atom. The fourth-order valence-electron chi connectivity index (χ4n) is 4.53. The molecule has 0 aliphatic carbocycles. The van der Waals surface area contributed by atoms with Crippen LogP contribution in [0.3, 0.4) is 0 Å². The zero-order valence-corrected chi connectivity index (χ0v) is 21.8. The number of carbonyl (C=O) groups excluding carboxylic acids is 1. The number of hydrogen-bond acceptors (Lipinski definition) is 9. The van der Waals surface area contributed by atoms with E-state index >= 15 is 0 Å². The highest BCUT2D eigenvalue weighted by molar-refractivity contribution is 6.13. The SMILES string of the molecule is CC(C)CC(=O)Nc1cncc(-c2cnc(N)c(C(=N)c3nc4c(N5CCN(C)CC5)cncc4[nH]3)c2)c1. The molecule has 1 aliphatic rings. The fraction of sp³-hybridized carbons (Fsp3) is 0.333. The Balaban J connectivity index is 1.43. The van der Waals surface area contributed by atoms with Crippen LogP contribution in [0.25, 0.3) is 22.2 Å². The number of piperazine rings is 1. The summed E-state index contributed by atoms with van der Waals surface area (Å²) in [5.41, 5.74) is 11.4. The maximum atomic E-state index is 12.2. The maximum absolute atomic E-state index is 12.2. The molecule has 11 heteroatoms. The van der Waals surface area contributed by atoms with Crippen LogP contribution in [0.15, 0.2) is 43.1 Å². The van der Waals surface area contributed by atoms with Gasteiger partial charge < -0.3 is 25.8 Å². The topological polar surface area (TPSA) is 153 Å². The third-order valence-electron chi connectivity index (χ3n) is 6.59. The lowest BCUT2D eigenvalue weighted by molar-refractivity contribution is -0.116. The van der Waals surface area contributed by atoms with Crippen molar-refractivity contribution in [3.05, 3.63) is 54.5 Å². The Bertz CT molecular complexity index is 1490. The fourth-order valence-corrected chi connectivity index (χ4v) is 4.53. The van der Waals surface area contributed by atoms with Crippen molar-refractivity contribution in [2.45, 2.75) is 20.3 Å². The summed E-state index contributed by atoms with van der Waals surface area (Å²) >= 11 is 0. The molecule has 38 heavy (non-hydrogen) atoms. The molecular formula is C27H32N10O. The van der Waals surface area contributed by atoms with Gasteiger partial charge in [-0.15, -0.1) is 0 Å². The maximum Gasteiger partial charge on any atom is 0.224 e. The number of nitrogens with one attached hydrogen (secondary N) is 3.